The van der Waals surface area contributed by atoms with Gasteiger partial charge < -0.3 is 30.6 Å². The van der Waals surface area contributed by atoms with Crippen molar-refractivity contribution in [1.82, 2.24) is 0 Å². The summed E-state index contributed by atoms with van der Waals surface area (Å²) in [5.41, 5.74) is 0. The molecule has 62 valence electrons. The summed E-state index contributed by atoms with van der Waals surface area (Å²) in [5, 5.41) is 46.9. The Bertz CT molecular complexity index is 80.8. The van der Waals surface area contributed by atoms with Gasteiger partial charge in [-0.05, 0) is 0 Å². The monoisotopic (exact) mass is 158 g/mol. The van der Waals surface area contributed by atoms with E-state index >= 15 is 0 Å². The van der Waals surface area contributed by atoms with Gasteiger partial charge in [0.1, 0.15) is 0 Å². The number of hydrogen-bond acceptors (Lipinski definition) is 8. The molecule has 0 spiro atoms. The molecule has 8 nitrogen and oxygen atoms in total. The van der Waals surface area contributed by atoms with Crippen molar-refractivity contribution in [3.05, 3.63) is 0 Å². The molecule has 0 amide bonds. The first-order valence-electron chi connectivity index (χ1n) is 1.92. The highest BCUT2D eigenvalue weighted by Crippen LogP contribution is 2.02. The molecular weight excluding hydrogens is 152 g/mol. The quantitative estimate of drug-likeness (QED) is 0.139. The Kier molecular flexibility index (Phi) is 2.65. The van der Waals surface area contributed by atoms with E-state index in [1.54, 1.807) is 0 Å². The molecule has 0 aromatic carbocycles. The number of hydrogen-bond donors (Lipinski definition) is 6. The molecule has 0 saturated carbocycles. The van der Waals surface area contributed by atoms with Crippen LogP contribution in [0.15, 0.2) is 0 Å². The minimum atomic E-state index is -3.70. The van der Waals surface area contributed by atoms with Gasteiger partial charge in [0.25, 0.3) is 0 Å². The Morgan fingerprint density at radius 1 is 0.600 bits per heavy atom. The van der Waals surface area contributed by atoms with Crippen molar-refractivity contribution in [2.45, 2.75) is 12.3 Å². The van der Waals surface area contributed by atoms with E-state index in [4.69, 9.17) is 30.6 Å². The molecule has 0 aromatic heterocycles. The minimum Gasteiger partial charge on any atom is -0.317 e. The van der Waals surface area contributed by atoms with Gasteiger partial charge in [0, 0.05) is 0 Å². The van der Waals surface area contributed by atoms with Crippen molar-refractivity contribution in [3.8, 4) is 0 Å². The van der Waals surface area contributed by atoms with Crippen LogP contribution in [0.1, 0.15) is 0 Å². The Hall–Kier alpha value is -0.320. The van der Waals surface area contributed by atoms with Crippen molar-refractivity contribution < 1.29 is 40.4 Å². The molecule has 0 radical (unpaired) electrons. The van der Waals surface area contributed by atoms with Crippen LogP contribution in [0.4, 0.5) is 0 Å². The van der Waals surface area contributed by atoms with E-state index in [-0.39, 0.29) is 0 Å². The van der Waals surface area contributed by atoms with Crippen LogP contribution < -0.4 is 0 Å². The maximum atomic E-state index is 7.81. The summed E-state index contributed by atoms with van der Waals surface area (Å²) in [6, 6.07) is 0. The van der Waals surface area contributed by atoms with Crippen molar-refractivity contribution in [2.75, 3.05) is 0 Å². The molecular formula is C2H6O8. The molecule has 6 N–H and O–H groups in total. The van der Waals surface area contributed by atoms with Crippen LogP contribution in [0.5, 0.6) is 0 Å². The van der Waals surface area contributed by atoms with E-state index in [9.17, 15) is 0 Å². The van der Waals surface area contributed by atoms with Crippen molar-refractivity contribution in [2.24, 2.45) is 0 Å². The van der Waals surface area contributed by atoms with Gasteiger partial charge in [-0.1, -0.05) is 0 Å². The van der Waals surface area contributed by atoms with Crippen LogP contribution in [0, 0.1) is 0 Å². The van der Waals surface area contributed by atoms with Crippen LogP contribution in [0.3, 0.4) is 0 Å². The smallest absolute Gasteiger partial charge is 0.317 e. The van der Waals surface area contributed by atoms with Crippen LogP contribution in [0.25, 0.3) is 0 Å². The van der Waals surface area contributed by atoms with Gasteiger partial charge in [-0.25, -0.2) is 0 Å². The SMILES string of the molecule is OC(O)(O)OOC(O)(O)O. The largest absolute Gasteiger partial charge is 0.432 e. The first-order valence-corrected chi connectivity index (χ1v) is 1.92. The fourth-order valence-corrected chi connectivity index (χ4v) is 0.112. The minimum absolute atomic E-state index is 3.01. The first kappa shape index (κ1) is 9.68. The summed E-state index contributed by atoms with van der Waals surface area (Å²) in [6.45, 7) is 0. The molecule has 0 heterocycles. The predicted molar refractivity (Wildman–Crippen MR) is 20.9 cm³/mol. The van der Waals surface area contributed by atoms with E-state index < -0.39 is 12.3 Å². The molecule has 0 fully saturated rings. The summed E-state index contributed by atoms with van der Waals surface area (Å²) < 4.78 is 0. The lowest BCUT2D eigenvalue weighted by Crippen LogP contribution is -2.39. The van der Waals surface area contributed by atoms with E-state index in [0.717, 1.165) is 0 Å². The normalized spacial score (nSPS) is 13.8. The van der Waals surface area contributed by atoms with Gasteiger partial charge in [-0.15, -0.1) is 9.78 Å². The lowest BCUT2D eigenvalue weighted by Gasteiger charge is -2.16. The average molecular weight is 158 g/mol. The van der Waals surface area contributed by atoms with E-state index in [1.165, 1.54) is 0 Å². The highest BCUT2D eigenvalue weighted by Gasteiger charge is 2.29. The zero-order valence-corrected chi connectivity index (χ0v) is 4.50. The van der Waals surface area contributed by atoms with Crippen LogP contribution in [-0.2, 0) is 9.78 Å². The summed E-state index contributed by atoms with van der Waals surface area (Å²) in [5.74, 6) is 0. The lowest BCUT2D eigenvalue weighted by atomic mass is 11.1. The van der Waals surface area contributed by atoms with Gasteiger partial charge in [0.15, 0.2) is 0 Å². The van der Waals surface area contributed by atoms with Gasteiger partial charge in [-0.2, -0.15) is 0 Å². The van der Waals surface area contributed by atoms with Crippen LogP contribution in [0.2, 0.25) is 0 Å². The molecule has 0 aliphatic heterocycles. The topological polar surface area (TPSA) is 140 Å². The maximum absolute atomic E-state index is 7.81. The van der Waals surface area contributed by atoms with Crippen LogP contribution in [-0.4, -0.2) is 43.0 Å². The van der Waals surface area contributed by atoms with Crippen molar-refractivity contribution in [1.29, 1.82) is 0 Å². The summed E-state index contributed by atoms with van der Waals surface area (Å²) in [4.78, 5) is 6.02. The second-order valence-electron chi connectivity index (χ2n) is 1.31. The van der Waals surface area contributed by atoms with E-state index in [1.807, 2.05) is 0 Å². The van der Waals surface area contributed by atoms with Crippen LogP contribution >= 0.6 is 0 Å². The molecule has 0 aliphatic rings. The summed E-state index contributed by atoms with van der Waals surface area (Å²) in [7, 11) is 0. The lowest BCUT2D eigenvalue weighted by molar-refractivity contribution is -0.653. The second kappa shape index (κ2) is 2.74. The third kappa shape index (κ3) is 7.68. The predicted octanol–water partition coefficient (Wildman–Crippen LogP) is -3.89. The zero-order chi connectivity index (χ0) is 8.41. The number of rotatable bonds is 3. The van der Waals surface area contributed by atoms with E-state index in [2.05, 4.69) is 9.78 Å². The summed E-state index contributed by atoms with van der Waals surface area (Å²) >= 11 is 0. The zero-order valence-electron chi connectivity index (χ0n) is 4.50. The standard InChI is InChI=1S/C2H6O8/c3-1(4,5)9-10-2(6,7)8/h3-8H. The Morgan fingerprint density at radius 2 is 0.800 bits per heavy atom. The molecule has 0 atom stereocenters. The Balaban J connectivity index is 3.56. The highest BCUT2D eigenvalue weighted by molar-refractivity contribution is 4.13. The molecule has 8 heteroatoms. The fourth-order valence-electron chi connectivity index (χ4n) is 0.112. The van der Waals surface area contributed by atoms with Gasteiger partial charge >= 0.3 is 12.3 Å². The van der Waals surface area contributed by atoms with E-state index in [0.29, 0.717) is 0 Å². The van der Waals surface area contributed by atoms with Crippen molar-refractivity contribution >= 4 is 0 Å². The molecule has 0 rings (SSSR count). The second-order valence-corrected chi connectivity index (χ2v) is 1.31. The molecule has 0 unspecified atom stereocenters. The molecule has 0 bridgehead atoms. The molecule has 0 aliphatic carbocycles. The fraction of sp³-hybridized carbons (Fsp3) is 1.00. The third-order valence-electron chi connectivity index (χ3n) is 0.265. The van der Waals surface area contributed by atoms with Gasteiger partial charge in [0.05, 0.1) is 0 Å². The molecule has 0 saturated heterocycles. The third-order valence-corrected chi connectivity index (χ3v) is 0.265. The summed E-state index contributed by atoms with van der Waals surface area (Å²) in [6.07, 6.45) is -7.39. The maximum Gasteiger partial charge on any atom is 0.432 e. The Labute approximate surface area is 54.0 Å². The average Bonchev–Trinajstić information content (AvgIpc) is 1.57. The van der Waals surface area contributed by atoms with Crippen molar-refractivity contribution in [3.63, 3.8) is 0 Å². The van der Waals surface area contributed by atoms with Gasteiger partial charge in [0.2, 0.25) is 0 Å². The van der Waals surface area contributed by atoms with Gasteiger partial charge in [-0.3, -0.25) is 0 Å². The molecule has 0 aromatic rings. The first-order chi connectivity index (χ1) is 4.21. The Morgan fingerprint density at radius 3 is 0.900 bits per heavy atom. The molecule has 10 heavy (non-hydrogen) atoms. The number of aliphatic hydroxyl groups is 6. The highest BCUT2D eigenvalue weighted by atomic mass is 17.3.